The van der Waals surface area contributed by atoms with Gasteiger partial charge in [-0.3, -0.25) is 19.3 Å². The van der Waals surface area contributed by atoms with E-state index in [0.717, 1.165) is 20.9 Å². The first-order chi connectivity index (χ1) is 16.3. The van der Waals surface area contributed by atoms with Gasteiger partial charge in [-0.25, -0.2) is 4.98 Å². The summed E-state index contributed by atoms with van der Waals surface area (Å²) in [7, 11) is 0. The molecule has 0 aliphatic carbocycles. The minimum absolute atomic E-state index is 0.153. The number of benzene rings is 1. The van der Waals surface area contributed by atoms with Gasteiger partial charge in [0.1, 0.15) is 0 Å². The molecule has 1 aliphatic rings. The van der Waals surface area contributed by atoms with Gasteiger partial charge in [0, 0.05) is 33.8 Å². The minimum Gasteiger partial charge on any atom is -0.335 e. The molecule has 3 aromatic heterocycles. The number of nitrogens with zero attached hydrogens (tertiary/aromatic N) is 3. The fourth-order valence-corrected chi connectivity index (χ4v) is 5.10. The van der Waals surface area contributed by atoms with Crippen LogP contribution >= 0.6 is 11.3 Å². The monoisotopic (exact) mass is 474 g/mol. The maximum absolute atomic E-state index is 13.3. The van der Waals surface area contributed by atoms with Crippen LogP contribution < -0.4 is 5.32 Å². The van der Waals surface area contributed by atoms with Crippen LogP contribution in [0.4, 0.5) is 5.69 Å². The molecule has 34 heavy (non-hydrogen) atoms. The largest absolute Gasteiger partial charge is 0.335 e. The van der Waals surface area contributed by atoms with Crippen molar-refractivity contribution in [1.29, 1.82) is 0 Å². The number of carbonyl (C=O) groups excluding carboxylic acids is 3. The van der Waals surface area contributed by atoms with Crippen LogP contribution in [0, 0.1) is 20.8 Å². The highest BCUT2D eigenvalue weighted by Crippen LogP contribution is 2.33. The Kier molecular flexibility index (Phi) is 5.49. The molecule has 8 nitrogen and oxygen atoms in total. The van der Waals surface area contributed by atoms with E-state index < -0.39 is 0 Å². The average molecular weight is 475 g/mol. The first kappa shape index (κ1) is 22.0. The summed E-state index contributed by atoms with van der Waals surface area (Å²) in [5.74, 6) is -0.609. The van der Waals surface area contributed by atoms with Crippen molar-refractivity contribution in [2.75, 3.05) is 5.32 Å². The number of thiophene rings is 1. The van der Waals surface area contributed by atoms with Gasteiger partial charge in [0.15, 0.2) is 0 Å². The lowest BCUT2D eigenvalue weighted by atomic mass is 10.1. The van der Waals surface area contributed by atoms with Crippen LogP contribution in [-0.2, 0) is 16.1 Å². The zero-order valence-electron chi connectivity index (χ0n) is 19.0. The van der Waals surface area contributed by atoms with E-state index in [1.54, 1.807) is 48.6 Å². The molecule has 1 N–H and O–H groups in total. The van der Waals surface area contributed by atoms with Gasteiger partial charge in [0.2, 0.25) is 11.8 Å². The van der Waals surface area contributed by atoms with Gasteiger partial charge in [-0.2, -0.15) is 0 Å². The van der Waals surface area contributed by atoms with Gasteiger partial charge < -0.3 is 9.84 Å². The minimum atomic E-state index is -0.304. The van der Waals surface area contributed by atoms with E-state index in [9.17, 15) is 14.4 Å². The highest BCUT2D eigenvalue weighted by Gasteiger charge is 2.28. The molecule has 3 amide bonds. The fraction of sp³-hybridized carbons (Fsp3) is 0.240. The van der Waals surface area contributed by atoms with E-state index in [1.807, 2.05) is 19.9 Å². The van der Waals surface area contributed by atoms with Crippen LogP contribution in [0.5, 0.6) is 0 Å². The predicted octanol–water partition coefficient (Wildman–Crippen LogP) is 4.78. The molecule has 0 radical (unpaired) electrons. The van der Waals surface area contributed by atoms with E-state index in [1.165, 1.54) is 4.90 Å². The molecule has 0 spiro atoms. The first-order valence-electron chi connectivity index (χ1n) is 10.9. The molecule has 1 aromatic carbocycles. The van der Waals surface area contributed by atoms with Gasteiger partial charge in [-0.05, 0) is 50.6 Å². The number of hydrogen-bond donors (Lipinski definition) is 1. The number of hydrogen-bond acceptors (Lipinski definition) is 7. The van der Waals surface area contributed by atoms with Gasteiger partial charge in [-0.15, -0.1) is 11.3 Å². The number of anilines is 1. The second kappa shape index (κ2) is 8.49. The van der Waals surface area contributed by atoms with Crippen LogP contribution in [0.15, 0.2) is 40.9 Å². The summed E-state index contributed by atoms with van der Waals surface area (Å²) >= 11 is 1.67. The number of aromatic nitrogens is 2. The van der Waals surface area contributed by atoms with Crippen LogP contribution in [-0.4, -0.2) is 32.8 Å². The lowest BCUT2D eigenvalue weighted by molar-refractivity contribution is -0.139. The Morgan fingerprint density at radius 1 is 1.09 bits per heavy atom. The maximum Gasteiger partial charge on any atom is 0.259 e. The molecule has 0 atom stereocenters. The number of pyridine rings is 1. The van der Waals surface area contributed by atoms with Gasteiger partial charge in [-0.1, -0.05) is 17.3 Å². The highest BCUT2D eigenvalue weighted by molar-refractivity contribution is 7.12. The SMILES string of the molecule is Cc1cc(-c2cc(C(=O)Nc3ccc(CN4C(=O)CCC4=O)cc3)c3c(C)noc3n2)c(C)s1. The third-order valence-electron chi connectivity index (χ3n) is 5.89. The summed E-state index contributed by atoms with van der Waals surface area (Å²) in [5, 5.41) is 7.51. The standard InChI is InChI=1S/C25H22N4O4S/c1-13-10-18(15(3)34-13)20-11-19(23-14(2)28-33-25(23)27-20)24(32)26-17-6-4-16(5-7-17)12-29-21(30)8-9-22(29)31/h4-7,10-11H,8-9,12H2,1-3H3,(H,26,32). The molecule has 172 valence electrons. The third kappa shape index (κ3) is 3.99. The molecular weight excluding hydrogens is 452 g/mol. The lowest BCUT2D eigenvalue weighted by Crippen LogP contribution is -2.28. The van der Waals surface area contributed by atoms with Crippen molar-refractivity contribution in [3.63, 3.8) is 0 Å². The number of fused-ring (bicyclic) bond motifs is 1. The summed E-state index contributed by atoms with van der Waals surface area (Å²) in [6, 6.07) is 10.9. The molecule has 0 bridgehead atoms. The third-order valence-corrected chi connectivity index (χ3v) is 6.85. The summed E-state index contributed by atoms with van der Waals surface area (Å²) in [5.41, 5.74) is 4.36. The van der Waals surface area contributed by atoms with Gasteiger partial charge in [0.05, 0.1) is 28.9 Å². The van der Waals surface area contributed by atoms with Crippen LogP contribution in [0.1, 0.15) is 44.2 Å². The summed E-state index contributed by atoms with van der Waals surface area (Å²) in [4.78, 5) is 45.1. The van der Waals surface area contributed by atoms with Crippen molar-refractivity contribution in [3.05, 3.63) is 63.0 Å². The quantitative estimate of drug-likeness (QED) is 0.418. The highest BCUT2D eigenvalue weighted by atomic mass is 32.1. The van der Waals surface area contributed by atoms with Crippen molar-refractivity contribution in [1.82, 2.24) is 15.0 Å². The van der Waals surface area contributed by atoms with Gasteiger partial charge >= 0.3 is 0 Å². The smallest absolute Gasteiger partial charge is 0.259 e. The Bertz CT molecular complexity index is 1440. The molecular formula is C25H22N4O4S. The maximum atomic E-state index is 13.3. The first-order valence-corrected chi connectivity index (χ1v) is 11.7. The van der Waals surface area contributed by atoms with Crippen LogP contribution in [0.3, 0.4) is 0 Å². The second-order valence-electron chi connectivity index (χ2n) is 8.35. The normalized spacial score (nSPS) is 13.8. The van der Waals surface area contributed by atoms with E-state index >= 15 is 0 Å². The van der Waals surface area contributed by atoms with Crippen molar-refractivity contribution >= 4 is 45.8 Å². The number of aryl methyl sites for hydroxylation is 3. The average Bonchev–Trinajstić information content (AvgIpc) is 3.46. The molecule has 4 aromatic rings. The van der Waals surface area contributed by atoms with Crippen molar-refractivity contribution in [3.8, 4) is 11.3 Å². The van der Waals surface area contributed by atoms with Crippen molar-refractivity contribution in [2.45, 2.75) is 40.2 Å². The van der Waals surface area contributed by atoms with Crippen LogP contribution in [0.25, 0.3) is 22.4 Å². The van der Waals surface area contributed by atoms with Gasteiger partial charge in [0.25, 0.3) is 11.6 Å². The zero-order valence-corrected chi connectivity index (χ0v) is 19.8. The number of rotatable bonds is 5. The predicted molar refractivity (Wildman–Crippen MR) is 129 cm³/mol. The molecule has 1 aliphatic heterocycles. The number of amides is 3. The van der Waals surface area contributed by atoms with E-state index in [0.29, 0.717) is 33.7 Å². The molecule has 4 heterocycles. The van der Waals surface area contributed by atoms with Crippen molar-refractivity contribution < 1.29 is 18.9 Å². The van der Waals surface area contributed by atoms with Crippen LogP contribution in [0.2, 0.25) is 0 Å². The van der Waals surface area contributed by atoms with Crippen molar-refractivity contribution in [2.24, 2.45) is 0 Å². The Labute approximate surface area is 199 Å². The van der Waals surface area contributed by atoms with E-state index in [2.05, 4.69) is 15.5 Å². The Morgan fingerprint density at radius 2 is 1.79 bits per heavy atom. The fourth-order valence-electron chi connectivity index (χ4n) is 4.17. The summed E-state index contributed by atoms with van der Waals surface area (Å²) in [6.45, 7) is 6.07. The zero-order chi connectivity index (χ0) is 24.0. The molecule has 0 saturated carbocycles. The molecule has 1 saturated heterocycles. The molecule has 5 rings (SSSR count). The second-order valence-corrected chi connectivity index (χ2v) is 9.82. The number of likely N-dealkylation sites (tertiary alicyclic amines) is 1. The number of imide groups is 1. The summed E-state index contributed by atoms with van der Waals surface area (Å²) < 4.78 is 5.40. The Hall–Kier alpha value is -3.85. The molecule has 9 heteroatoms. The number of nitrogens with one attached hydrogen (secondary N) is 1. The Morgan fingerprint density at radius 3 is 2.44 bits per heavy atom. The topological polar surface area (TPSA) is 105 Å². The summed E-state index contributed by atoms with van der Waals surface area (Å²) in [6.07, 6.45) is 0.532. The van der Waals surface area contributed by atoms with E-state index in [4.69, 9.17) is 4.52 Å². The lowest BCUT2D eigenvalue weighted by Gasteiger charge is -2.14. The Balaban J connectivity index is 1.42. The number of carbonyl (C=O) groups is 3. The van der Waals surface area contributed by atoms with E-state index in [-0.39, 0.29) is 37.1 Å². The molecule has 1 fully saturated rings. The molecule has 0 unspecified atom stereocenters.